The number of aliphatic carboxylic acids is 1. The first-order valence-electron chi connectivity index (χ1n) is 5.29. The average molecular weight is 202 g/mol. The molecule has 2 N–H and O–H groups in total. The fourth-order valence-electron chi connectivity index (χ4n) is 1.58. The summed E-state index contributed by atoms with van der Waals surface area (Å²) in [5, 5.41) is 19.2. The predicted octanol–water partition coefficient (Wildman–Crippen LogP) is 2.43. The summed E-state index contributed by atoms with van der Waals surface area (Å²) in [6.07, 6.45) is 2.09. The van der Waals surface area contributed by atoms with Gasteiger partial charge in [0.05, 0.1) is 11.0 Å². The SMILES string of the molecule is CCC(O)(CC)CC(C)(CC)C(=O)O. The molecule has 1 unspecified atom stereocenters. The Morgan fingerprint density at radius 2 is 1.57 bits per heavy atom. The average Bonchev–Trinajstić information content (AvgIpc) is 2.17. The van der Waals surface area contributed by atoms with Crippen molar-refractivity contribution < 1.29 is 15.0 Å². The van der Waals surface area contributed by atoms with Crippen LogP contribution in [0.1, 0.15) is 53.4 Å². The second kappa shape index (κ2) is 4.78. The first kappa shape index (κ1) is 13.4. The summed E-state index contributed by atoms with van der Waals surface area (Å²) in [5.41, 5.74) is -1.63. The Kier molecular flexibility index (Phi) is 4.59. The minimum atomic E-state index is -0.830. The molecular weight excluding hydrogens is 180 g/mol. The minimum Gasteiger partial charge on any atom is -0.481 e. The van der Waals surface area contributed by atoms with E-state index < -0.39 is 17.0 Å². The van der Waals surface area contributed by atoms with Crippen LogP contribution in [0, 0.1) is 5.41 Å². The van der Waals surface area contributed by atoms with Crippen LogP contribution < -0.4 is 0 Å². The number of aliphatic hydroxyl groups is 1. The molecule has 3 nitrogen and oxygen atoms in total. The van der Waals surface area contributed by atoms with Crippen LogP contribution in [0.3, 0.4) is 0 Å². The summed E-state index contributed by atoms with van der Waals surface area (Å²) < 4.78 is 0. The number of hydrogen-bond donors (Lipinski definition) is 2. The lowest BCUT2D eigenvalue weighted by Crippen LogP contribution is -2.39. The van der Waals surface area contributed by atoms with E-state index in [0.717, 1.165) is 0 Å². The highest BCUT2D eigenvalue weighted by Gasteiger charge is 2.39. The zero-order valence-corrected chi connectivity index (χ0v) is 9.63. The predicted molar refractivity (Wildman–Crippen MR) is 56.2 cm³/mol. The van der Waals surface area contributed by atoms with Crippen LogP contribution in [-0.4, -0.2) is 21.8 Å². The van der Waals surface area contributed by atoms with Crippen LogP contribution in [-0.2, 0) is 4.79 Å². The molecule has 0 heterocycles. The van der Waals surface area contributed by atoms with Crippen molar-refractivity contribution in [3.8, 4) is 0 Å². The molecule has 0 aromatic rings. The lowest BCUT2D eigenvalue weighted by atomic mass is 9.75. The second-order valence-corrected chi connectivity index (χ2v) is 4.33. The number of rotatable bonds is 6. The Hall–Kier alpha value is -0.570. The van der Waals surface area contributed by atoms with E-state index in [1.54, 1.807) is 6.92 Å². The normalized spacial score (nSPS) is 16.4. The maximum atomic E-state index is 11.1. The first-order chi connectivity index (χ1) is 6.33. The highest BCUT2D eigenvalue weighted by molar-refractivity contribution is 5.74. The van der Waals surface area contributed by atoms with Crippen LogP contribution in [0.5, 0.6) is 0 Å². The topological polar surface area (TPSA) is 57.5 Å². The first-order valence-corrected chi connectivity index (χ1v) is 5.29. The largest absolute Gasteiger partial charge is 0.481 e. The zero-order chi connectivity index (χ0) is 11.4. The zero-order valence-electron chi connectivity index (χ0n) is 9.63. The van der Waals surface area contributed by atoms with Crippen molar-refractivity contribution in [2.45, 2.75) is 59.0 Å². The third-order valence-electron chi connectivity index (χ3n) is 3.33. The summed E-state index contributed by atoms with van der Waals surface area (Å²) in [5.74, 6) is -0.819. The highest BCUT2D eigenvalue weighted by atomic mass is 16.4. The Morgan fingerprint density at radius 3 is 1.79 bits per heavy atom. The van der Waals surface area contributed by atoms with Crippen molar-refractivity contribution in [2.24, 2.45) is 5.41 Å². The Labute approximate surface area is 86.1 Å². The number of hydrogen-bond acceptors (Lipinski definition) is 2. The number of carboxylic acid groups (broad SMARTS) is 1. The summed E-state index contributed by atoms with van der Waals surface area (Å²) in [6.45, 7) is 7.33. The summed E-state index contributed by atoms with van der Waals surface area (Å²) in [7, 11) is 0. The second-order valence-electron chi connectivity index (χ2n) is 4.33. The summed E-state index contributed by atoms with van der Waals surface area (Å²) in [4.78, 5) is 11.1. The van der Waals surface area contributed by atoms with Gasteiger partial charge in [0.25, 0.3) is 0 Å². The molecule has 0 spiro atoms. The third kappa shape index (κ3) is 2.98. The van der Waals surface area contributed by atoms with E-state index in [4.69, 9.17) is 5.11 Å². The molecule has 0 saturated heterocycles. The van der Waals surface area contributed by atoms with Crippen LogP contribution >= 0.6 is 0 Å². The van der Waals surface area contributed by atoms with Crippen molar-refractivity contribution in [1.29, 1.82) is 0 Å². The maximum absolute atomic E-state index is 11.1. The molecule has 0 saturated carbocycles. The van der Waals surface area contributed by atoms with E-state index in [1.165, 1.54) is 0 Å². The lowest BCUT2D eigenvalue weighted by Gasteiger charge is -2.34. The van der Waals surface area contributed by atoms with Gasteiger partial charge in [-0.3, -0.25) is 4.79 Å². The van der Waals surface area contributed by atoms with Crippen molar-refractivity contribution >= 4 is 5.97 Å². The molecule has 0 aromatic carbocycles. The molecule has 0 radical (unpaired) electrons. The lowest BCUT2D eigenvalue weighted by molar-refractivity contribution is -0.152. The monoisotopic (exact) mass is 202 g/mol. The van der Waals surface area contributed by atoms with Gasteiger partial charge in [-0.25, -0.2) is 0 Å². The van der Waals surface area contributed by atoms with Gasteiger partial charge in [-0.1, -0.05) is 20.8 Å². The molecule has 0 aliphatic heterocycles. The Morgan fingerprint density at radius 1 is 1.14 bits per heavy atom. The van der Waals surface area contributed by atoms with Gasteiger partial charge < -0.3 is 10.2 Å². The maximum Gasteiger partial charge on any atom is 0.309 e. The molecule has 0 aliphatic carbocycles. The van der Waals surface area contributed by atoms with Crippen LogP contribution in [0.25, 0.3) is 0 Å². The molecule has 0 bridgehead atoms. The third-order valence-corrected chi connectivity index (χ3v) is 3.33. The van der Waals surface area contributed by atoms with E-state index in [1.807, 2.05) is 20.8 Å². The smallest absolute Gasteiger partial charge is 0.309 e. The van der Waals surface area contributed by atoms with Gasteiger partial charge in [0.15, 0.2) is 0 Å². The van der Waals surface area contributed by atoms with Gasteiger partial charge in [0, 0.05) is 0 Å². The fourth-order valence-corrected chi connectivity index (χ4v) is 1.58. The van der Waals surface area contributed by atoms with Crippen molar-refractivity contribution in [1.82, 2.24) is 0 Å². The summed E-state index contributed by atoms with van der Waals surface area (Å²) >= 11 is 0. The van der Waals surface area contributed by atoms with E-state index in [-0.39, 0.29) is 0 Å². The van der Waals surface area contributed by atoms with Gasteiger partial charge in [-0.05, 0) is 32.6 Å². The van der Waals surface area contributed by atoms with Gasteiger partial charge in [0.1, 0.15) is 0 Å². The van der Waals surface area contributed by atoms with Gasteiger partial charge >= 0.3 is 5.97 Å². The molecule has 0 fully saturated rings. The van der Waals surface area contributed by atoms with Crippen molar-refractivity contribution in [3.05, 3.63) is 0 Å². The van der Waals surface area contributed by atoms with Crippen LogP contribution in [0.2, 0.25) is 0 Å². The standard InChI is InChI=1S/C11H22O3/c1-5-10(4,9(12)13)8-11(14,6-2)7-3/h14H,5-8H2,1-4H3,(H,12,13). The quantitative estimate of drug-likeness (QED) is 0.695. The van der Waals surface area contributed by atoms with E-state index in [0.29, 0.717) is 25.7 Å². The summed E-state index contributed by atoms with van der Waals surface area (Å²) in [6, 6.07) is 0. The van der Waals surface area contributed by atoms with Crippen LogP contribution in [0.4, 0.5) is 0 Å². The molecule has 0 aromatic heterocycles. The Bertz CT molecular complexity index is 197. The van der Waals surface area contributed by atoms with Crippen molar-refractivity contribution in [2.75, 3.05) is 0 Å². The number of carbonyl (C=O) groups is 1. The number of carboxylic acids is 1. The van der Waals surface area contributed by atoms with Crippen molar-refractivity contribution in [3.63, 3.8) is 0 Å². The minimum absolute atomic E-state index is 0.332. The molecular formula is C11H22O3. The van der Waals surface area contributed by atoms with E-state index in [9.17, 15) is 9.90 Å². The molecule has 3 heteroatoms. The van der Waals surface area contributed by atoms with E-state index in [2.05, 4.69) is 0 Å². The van der Waals surface area contributed by atoms with Gasteiger partial charge in [-0.2, -0.15) is 0 Å². The molecule has 1 atom stereocenters. The van der Waals surface area contributed by atoms with Gasteiger partial charge in [0.2, 0.25) is 0 Å². The molecule has 0 amide bonds. The molecule has 84 valence electrons. The molecule has 0 aliphatic rings. The molecule has 14 heavy (non-hydrogen) atoms. The van der Waals surface area contributed by atoms with E-state index >= 15 is 0 Å². The Balaban J connectivity index is 4.67. The molecule has 0 rings (SSSR count). The fraction of sp³-hybridized carbons (Fsp3) is 0.909. The van der Waals surface area contributed by atoms with Crippen LogP contribution in [0.15, 0.2) is 0 Å². The highest BCUT2D eigenvalue weighted by Crippen LogP contribution is 2.35. The van der Waals surface area contributed by atoms with Gasteiger partial charge in [-0.15, -0.1) is 0 Å².